The molecule has 0 saturated heterocycles. The van der Waals surface area contributed by atoms with Crippen LogP contribution in [-0.2, 0) is 0 Å². The molecule has 0 bridgehead atoms. The quantitative estimate of drug-likeness (QED) is 0.598. The number of rotatable bonds is 6. The normalized spacial score (nSPS) is 17.4. The molecule has 0 spiro atoms. The minimum absolute atomic E-state index is 0.109. The molecule has 1 N–H and O–H groups in total. The zero-order chi connectivity index (χ0) is 14.2. The molecule has 0 heterocycles. The summed E-state index contributed by atoms with van der Waals surface area (Å²) < 4.78 is 13.7. The van der Waals surface area contributed by atoms with E-state index in [9.17, 15) is 4.39 Å². The summed E-state index contributed by atoms with van der Waals surface area (Å²) in [6.45, 7) is 3.10. The van der Waals surface area contributed by atoms with Crippen molar-refractivity contribution in [3.63, 3.8) is 0 Å². The zero-order valence-corrected chi connectivity index (χ0v) is 13.0. The molecule has 0 saturated carbocycles. The van der Waals surface area contributed by atoms with Gasteiger partial charge in [0.05, 0.1) is 0 Å². The highest BCUT2D eigenvalue weighted by Crippen LogP contribution is 2.26. The van der Waals surface area contributed by atoms with Crippen LogP contribution in [0.5, 0.6) is 0 Å². The molecule has 1 aliphatic carbocycles. The third kappa shape index (κ3) is 4.64. The van der Waals surface area contributed by atoms with Crippen molar-refractivity contribution in [1.82, 2.24) is 5.32 Å². The first-order chi connectivity index (χ1) is 9.81. The van der Waals surface area contributed by atoms with Gasteiger partial charge >= 0.3 is 0 Å². The number of allylic oxidation sites excluding steroid dienone is 1. The molecular formula is C17H24FNS. The van der Waals surface area contributed by atoms with Crippen molar-refractivity contribution in [2.75, 3.05) is 12.3 Å². The molecule has 1 aromatic rings. The molecule has 1 aromatic carbocycles. The van der Waals surface area contributed by atoms with Crippen molar-refractivity contribution in [2.45, 2.75) is 50.0 Å². The van der Waals surface area contributed by atoms with E-state index in [1.807, 2.05) is 12.1 Å². The first kappa shape index (κ1) is 15.6. The molecule has 0 amide bonds. The van der Waals surface area contributed by atoms with Crippen LogP contribution in [0, 0.1) is 5.82 Å². The van der Waals surface area contributed by atoms with Gasteiger partial charge in [-0.3, -0.25) is 0 Å². The van der Waals surface area contributed by atoms with E-state index in [4.69, 9.17) is 0 Å². The van der Waals surface area contributed by atoms with Gasteiger partial charge in [0.1, 0.15) is 5.82 Å². The molecule has 1 nitrogen and oxygen atoms in total. The maximum atomic E-state index is 13.7. The first-order valence-corrected chi connectivity index (χ1v) is 8.59. The maximum Gasteiger partial charge on any atom is 0.136 e. The molecule has 1 atom stereocenters. The molecule has 0 aliphatic heterocycles. The van der Waals surface area contributed by atoms with Crippen LogP contribution in [0.1, 0.15) is 39.0 Å². The summed E-state index contributed by atoms with van der Waals surface area (Å²) in [6, 6.07) is 7.43. The number of hydrogen-bond acceptors (Lipinski definition) is 2. The van der Waals surface area contributed by atoms with E-state index < -0.39 is 0 Å². The Bertz CT molecular complexity index is 444. The Balaban J connectivity index is 1.98. The van der Waals surface area contributed by atoms with Crippen LogP contribution in [0.15, 0.2) is 40.8 Å². The minimum Gasteiger partial charge on any atom is -0.310 e. The number of hydrogen-bond donors (Lipinski definition) is 1. The number of benzene rings is 1. The standard InChI is InChI=1S/C17H24FNS/c1-2-19-16(14-9-5-3-4-6-10-14)13-20-17-12-8-7-11-15(17)18/h7-9,11-12,16,19H,2-6,10,13H2,1H3. The second-order valence-electron chi connectivity index (χ2n) is 5.23. The fraction of sp³-hybridized carbons (Fsp3) is 0.529. The highest BCUT2D eigenvalue weighted by Gasteiger charge is 2.15. The summed E-state index contributed by atoms with van der Waals surface area (Å²) >= 11 is 1.62. The van der Waals surface area contributed by atoms with Crippen LogP contribution in [0.3, 0.4) is 0 Å². The van der Waals surface area contributed by atoms with E-state index in [1.165, 1.54) is 43.7 Å². The monoisotopic (exact) mass is 293 g/mol. The van der Waals surface area contributed by atoms with Gasteiger partial charge < -0.3 is 5.32 Å². The Hall–Kier alpha value is -0.800. The second-order valence-corrected chi connectivity index (χ2v) is 6.29. The second kappa shape index (κ2) is 8.48. The van der Waals surface area contributed by atoms with Gasteiger partial charge in [-0.2, -0.15) is 0 Å². The third-order valence-corrected chi connectivity index (χ3v) is 4.86. The summed E-state index contributed by atoms with van der Waals surface area (Å²) in [4.78, 5) is 0.754. The van der Waals surface area contributed by atoms with Crippen molar-refractivity contribution in [3.8, 4) is 0 Å². The number of likely N-dealkylation sites (N-methyl/N-ethyl adjacent to an activating group) is 1. The van der Waals surface area contributed by atoms with E-state index in [0.717, 1.165) is 17.2 Å². The topological polar surface area (TPSA) is 12.0 Å². The predicted molar refractivity (Wildman–Crippen MR) is 85.8 cm³/mol. The van der Waals surface area contributed by atoms with Crippen molar-refractivity contribution in [2.24, 2.45) is 0 Å². The molecule has 2 rings (SSSR count). The van der Waals surface area contributed by atoms with Crippen molar-refractivity contribution < 1.29 is 4.39 Å². The molecule has 0 radical (unpaired) electrons. The van der Waals surface area contributed by atoms with E-state index >= 15 is 0 Å². The van der Waals surface area contributed by atoms with Crippen LogP contribution in [0.4, 0.5) is 4.39 Å². The average Bonchev–Trinajstić information content (AvgIpc) is 2.74. The fourth-order valence-electron chi connectivity index (χ4n) is 2.63. The summed E-state index contributed by atoms with van der Waals surface area (Å²) in [7, 11) is 0. The Morgan fingerprint density at radius 1 is 1.25 bits per heavy atom. The van der Waals surface area contributed by atoms with E-state index in [2.05, 4.69) is 18.3 Å². The Morgan fingerprint density at radius 2 is 2.10 bits per heavy atom. The van der Waals surface area contributed by atoms with Gasteiger partial charge in [-0.05, 0) is 44.4 Å². The van der Waals surface area contributed by atoms with Crippen LogP contribution in [-0.4, -0.2) is 18.3 Å². The van der Waals surface area contributed by atoms with Crippen LogP contribution in [0.2, 0.25) is 0 Å². The lowest BCUT2D eigenvalue weighted by molar-refractivity contribution is 0.597. The van der Waals surface area contributed by atoms with E-state index in [0.29, 0.717) is 6.04 Å². The Morgan fingerprint density at radius 3 is 2.90 bits per heavy atom. The minimum atomic E-state index is -0.109. The molecule has 3 heteroatoms. The number of thioether (sulfide) groups is 1. The molecular weight excluding hydrogens is 269 g/mol. The van der Waals surface area contributed by atoms with Gasteiger partial charge in [-0.25, -0.2) is 4.39 Å². The smallest absolute Gasteiger partial charge is 0.136 e. The average molecular weight is 293 g/mol. The van der Waals surface area contributed by atoms with Gasteiger partial charge in [0, 0.05) is 16.7 Å². The van der Waals surface area contributed by atoms with Crippen LogP contribution < -0.4 is 5.32 Å². The SMILES string of the molecule is CCNC(CSc1ccccc1F)C1=CCCCCC1. The Kier molecular flexibility index (Phi) is 6.61. The highest BCUT2D eigenvalue weighted by atomic mass is 32.2. The van der Waals surface area contributed by atoms with Gasteiger partial charge in [0.15, 0.2) is 0 Å². The van der Waals surface area contributed by atoms with Gasteiger partial charge in [-0.1, -0.05) is 37.1 Å². The number of nitrogens with one attached hydrogen (secondary N) is 1. The Labute approximate surface area is 126 Å². The van der Waals surface area contributed by atoms with Crippen LogP contribution in [0.25, 0.3) is 0 Å². The highest BCUT2D eigenvalue weighted by molar-refractivity contribution is 7.99. The van der Waals surface area contributed by atoms with E-state index in [1.54, 1.807) is 17.8 Å². The predicted octanol–water partition coefficient (Wildman–Crippen LogP) is 4.79. The van der Waals surface area contributed by atoms with Crippen molar-refractivity contribution >= 4 is 11.8 Å². The summed E-state index contributed by atoms with van der Waals surface area (Å²) in [5, 5.41) is 3.56. The fourth-order valence-corrected chi connectivity index (χ4v) is 3.69. The maximum absolute atomic E-state index is 13.7. The molecule has 1 aliphatic rings. The molecule has 0 fully saturated rings. The zero-order valence-electron chi connectivity index (χ0n) is 12.2. The molecule has 110 valence electrons. The van der Waals surface area contributed by atoms with Crippen molar-refractivity contribution in [3.05, 3.63) is 41.7 Å². The molecule has 20 heavy (non-hydrogen) atoms. The lowest BCUT2D eigenvalue weighted by atomic mass is 10.0. The van der Waals surface area contributed by atoms with Crippen LogP contribution >= 0.6 is 11.8 Å². The molecule has 0 aromatic heterocycles. The first-order valence-electron chi connectivity index (χ1n) is 7.61. The van der Waals surface area contributed by atoms with Gasteiger partial charge in [-0.15, -0.1) is 11.8 Å². The number of halogens is 1. The van der Waals surface area contributed by atoms with Crippen molar-refractivity contribution in [1.29, 1.82) is 0 Å². The van der Waals surface area contributed by atoms with Gasteiger partial charge in [0.25, 0.3) is 0 Å². The molecule has 1 unspecified atom stereocenters. The largest absolute Gasteiger partial charge is 0.310 e. The summed E-state index contributed by atoms with van der Waals surface area (Å²) in [5.74, 6) is 0.795. The lowest BCUT2D eigenvalue weighted by Gasteiger charge is -2.21. The summed E-state index contributed by atoms with van der Waals surface area (Å²) in [5.41, 5.74) is 1.52. The lowest BCUT2D eigenvalue weighted by Crippen LogP contribution is -2.33. The van der Waals surface area contributed by atoms with Gasteiger partial charge in [0.2, 0.25) is 0 Å². The van der Waals surface area contributed by atoms with E-state index in [-0.39, 0.29) is 5.82 Å². The third-order valence-electron chi connectivity index (χ3n) is 3.72. The summed E-state index contributed by atoms with van der Waals surface area (Å²) in [6.07, 6.45) is 8.72.